The van der Waals surface area contributed by atoms with E-state index in [0.29, 0.717) is 13.0 Å². The van der Waals surface area contributed by atoms with Crippen molar-refractivity contribution in [2.45, 2.75) is 19.8 Å². The van der Waals surface area contributed by atoms with Gasteiger partial charge in [0.05, 0.1) is 12.1 Å². The molecule has 14 heavy (non-hydrogen) atoms. The number of ether oxygens (including phenoxy) is 1. The van der Waals surface area contributed by atoms with Gasteiger partial charge in [0.25, 0.3) is 0 Å². The van der Waals surface area contributed by atoms with E-state index in [9.17, 15) is 4.79 Å². The van der Waals surface area contributed by atoms with Gasteiger partial charge in [0, 0.05) is 18.3 Å². The maximum Gasteiger partial charge on any atom is 0.305 e. The second-order valence-electron chi connectivity index (χ2n) is 2.71. The number of carbonyl (C=O) groups excluding carboxylic acids is 1. The van der Waals surface area contributed by atoms with Crippen molar-refractivity contribution in [1.82, 2.24) is 4.98 Å². The molecule has 0 aliphatic rings. The number of carbonyl (C=O) groups is 1. The molecular weight excluding hydrogens is 200 g/mol. The zero-order chi connectivity index (χ0) is 10.2. The molecule has 0 saturated carbocycles. The number of rotatable bonds is 6. The Morgan fingerprint density at radius 3 is 3.21 bits per heavy atom. The third-order valence-electron chi connectivity index (χ3n) is 1.60. The second kappa shape index (κ2) is 6.37. The van der Waals surface area contributed by atoms with Gasteiger partial charge in [0.1, 0.15) is 5.82 Å². The summed E-state index contributed by atoms with van der Waals surface area (Å²) < 4.78 is 4.80. The van der Waals surface area contributed by atoms with Gasteiger partial charge in [-0.1, -0.05) is 0 Å². The zero-order valence-corrected chi connectivity index (χ0v) is 8.97. The maximum absolute atomic E-state index is 10.9. The first-order valence-corrected chi connectivity index (χ1v) is 5.55. The summed E-state index contributed by atoms with van der Waals surface area (Å²) >= 11 is 1.55. The average molecular weight is 214 g/mol. The van der Waals surface area contributed by atoms with Crippen LogP contribution in [-0.4, -0.2) is 24.1 Å². The van der Waals surface area contributed by atoms with E-state index in [0.717, 1.165) is 18.8 Å². The van der Waals surface area contributed by atoms with Crippen LogP contribution in [0, 0.1) is 0 Å². The number of hydrogen-bond acceptors (Lipinski definition) is 5. The van der Waals surface area contributed by atoms with E-state index < -0.39 is 0 Å². The highest BCUT2D eigenvalue weighted by Gasteiger charge is 2.00. The summed E-state index contributed by atoms with van der Waals surface area (Å²) in [4.78, 5) is 15.0. The van der Waals surface area contributed by atoms with Crippen LogP contribution in [0.15, 0.2) is 10.9 Å². The van der Waals surface area contributed by atoms with Gasteiger partial charge < -0.3 is 10.1 Å². The highest BCUT2D eigenvalue weighted by atomic mass is 32.1. The van der Waals surface area contributed by atoms with E-state index in [1.165, 1.54) is 0 Å². The van der Waals surface area contributed by atoms with E-state index in [2.05, 4.69) is 10.3 Å². The Hall–Kier alpha value is -1.10. The smallest absolute Gasteiger partial charge is 0.305 e. The Labute approximate surface area is 87.3 Å². The molecule has 0 unspecified atom stereocenters. The third kappa shape index (κ3) is 4.23. The molecule has 0 atom stereocenters. The standard InChI is InChI=1S/C9H14N2O2S/c1-2-13-9(12)4-3-5-10-8-6-14-7-11-8/h6-7,10H,2-5H2,1H3. The molecule has 4 nitrogen and oxygen atoms in total. The number of esters is 1. The summed E-state index contributed by atoms with van der Waals surface area (Å²) in [6.45, 7) is 3.02. The van der Waals surface area contributed by atoms with Crippen molar-refractivity contribution in [1.29, 1.82) is 0 Å². The minimum Gasteiger partial charge on any atom is -0.466 e. The normalized spacial score (nSPS) is 9.79. The molecule has 1 heterocycles. The van der Waals surface area contributed by atoms with Crippen LogP contribution in [0.3, 0.4) is 0 Å². The van der Waals surface area contributed by atoms with Gasteiger partial charge in [0.15, 0.2) is 0 Å². The Bertz CT molecular complexity index is 262. The van der Waals surface area contributed by atoms with Crippen LogP contribution in [0.25, 0.3) is 0 Å². The SMILES string of the molecule is CCOC(=O)CCCNc1cscn1. The van der Waals surface area contributed by atoms with E-state index in [1.807, 2.05) is 12.3 Å². The monoisotopic (exact) mass is 214 g/mol. The average Bonchev–Trinajstić information content (AvgIpc) is 2.65. The largest absolute Gasteiger partial charge is 0.466 e. The van der Waals surface area contributed by atoms with Gasteiger partial charge in [-0.3, -0.25) is 4.79 Å². The lowest BCUT2D eigenvalue weighted by molar-refractivity contribution is -0.143. The molecule has 0 radical (unpaired) electrons. The van der Waals surface area contributed by atoms with Gasteiger partial charge in [-0.25, -0.2) is 4.98 Å². The molecule has 0 bridgehead atoms. The van der Waals surface area contributed by atoms with E-state index in [1.54, 1.807) is 16.8 Å². The molecule has 0 aliphatic carbocycles. The molecule has 0 saturated heterocycles. The number of thiazole rings is 1. The van der Waals surface area contributed by atoms with Crippen LogP contribution in [0.1, 0.15) is 19.8 Å². The first-order valence-electron chi connectivity index (χ1n) is 4.60. The number of anilines is 1. The lowest BCUT2D eigenvalue weighted by Crippen LogP contribution is -2.08. The molecule has 0 amide bonds. The summed E-state index contributed by atoms with van der Waals surface area (Å²) in [5, 5.41) is 5.05. The molecule has 78 valence electrons. The molecule has 0 aliphatic heterocycles. The van der Waals surface area contributed by atoms with Gasteiger partial charge in [-0.05, 0) is 13.3 Å². The van der Waals surface area contributed by atoms with Gasteiger partial charge in [0.2, 0.25) is 0 Å². The van der Waals surface area contributed by atoms with Crippen LogP contribution in [-0.2, 0) is 9.53 Å². The summed E-state index contributed by atoms with van der Waals surface area (Å²) in [5.41, 5.74) is 1.77. The molecule has 1 aromatic heterocycles. The highest BCUT2D eigenvalue weighted by molar-refractivity contribution is 7.07. The van der Waals surface area contributed by atoms with Crippen LogP contribution < -0.4 is 5.32 Å². The first kappa shape index (κ1) is 11.0. The number of aromatic nitrogens is 1. The molecule has 1 aromatic rings. The Kier molecular flexibility index (Phi) is 4.99. The number of nitrogens with zero attached hydrogens (tertiary/aromatic N) is 1. The fourth-order valence-electron chi connectivity index (χ4n) is 0.982. The molecular formula is C9H14N2O2S. The first-order chi connectivity index (χ1) is 6.83. The van der Waals surface area contributed by atoms with Crippen LogP contribution >= 0.6 is 11.3 Å². The fraction of sp³-hybridized carbons (Fsp3) is 0.556. The highest BCUT2D eigenvalue weighted by Crippen LogP contribution is 2.06. The maximum atomic E-state index is 10.9. The predicted molar refractivity (Wildman–Crippen MR) is 56.5 cm³/mol. The van der Waals surface area contributed by atoms with Crippen molar-refractivity contribution >= 4 is 23.1 Å². The Morgan fingerprint density at radius 2 is 2.57 bits per heavy atom. The molecule has 0 fully saturated rings. The van der Waals surface area contributed by atoms with Gasteiger partial charge >= 0.3 is 5.97 Å². The molecule has 0 spiro atoms. The molecule has 1 N–H and O–H groups in total. The Morgan fingerprint density at radius 1 is 1.71 bits per heavy atom. The minimum atomic E-state index is -0.132. The Balaban J connectivity index is 2.02. The van der Waals surface area contributed by atoms with Crippen LogP contribution in [0.2, 0.25) is 0 Å². The lowest BCUT2D eigenvalue weighted by atomic mass is 10.3. The molecule has 5 heteroatoms. The van der Waals surface area contributed by atoms with E-state index >= 15 is 0 Å². The van der Waals surface area contributed by atoms with Gasteiger partial charge in [-0.15, -0.1) is 11.3 Å². The minimum absolute atomic E-state index is 0.132. The van der Waals surface area contributed by atoms with Crippen molar-refractivity contribution in [3.63, 3.8) is 0 Å². The van der Waals surface area contributed by atoms with Crippen molar-refractivity contribution < 1.29 is 9.53 Å². The zero-order valence-electron chi connectivity index (χ0n) is 8.16. The topological polar surface area (TPSA) is 51.2 Å². The van der Waals surface area contributed by atoms with Crippen molar-refractivity contribution in [3.8, 4) is 0 Å². The summed E-state index contributed by atoms with van der Waals surface area (Å²) in [5.74, 6) is 0.742. The van der Waals surface area contributed by atoms with Crippen molar-refractivity contribution in [3.05, 3.63) is 10.9 Å². The van der Waals surface area contributed by atoms with E-state index in [-0.39, 0.29) is 5.97 Å². The molecule has 0 aromatic carbocycles. The third-order valence-corrected chi connectivity index (χ3v) is 2.19. The number of nitrogens with one attached hydrogen (secondary N) is 1. The lowest BCUT2D eigenvalue weighted by Gasteiger charge is -2.02. The second-order valence-corrected chi connectivity index (χ2v) is 3.43. The van der Waals surface area contributed by atoms with Crippen LogP contribution in [0.5, 0.6) is 0 Å². The van der Waals surface area contributed by atoms with Crippen molar-refractivity contribution in [2.24, 2.45) is 0 Å². The summed E-state index contributed by atoms with van der Waals surface area (Å²) in [6.07, 6.45) is 1.24. The predicted octanol–water partition coefficient (Wildman–Crippen LogP) is 1.90. The quantitative estimate of drug-likeness (QED) is 0.580. The molecule has 1 rings (SSSR count). The summed E-state index contributed by atoms with van der Waals surface area (Å²) in [6, 6.07) is 0. The van der Waals surface area contributed by atoms with Crippen molar-refractivity contribution in [2.75, 3.05) is 18.5 Å². The summed E-state index contributed by atoms with van der Waals surface area (Å²) in [7, 11) is 0. The van der Waals surface area contributed by atoms with E-state index in [4.69, 9.17) is 4.74 Å². The van der Waals surface area contributed by atoms with Crippen LogP contribution in [0.4, 0.5) is 5.82 Å². The fourth-order valence-corrected chi connectivity index (χ4v) is 1.49. The number of hydrogen-bond donors (Lipinski definition) is 1. The van der Waals surface area contributed by atoms with Gasteiger partial charge in [-0.2, -0.15) is 0 Å².